The van der Waals surface area contributed by atoms with Crippen molar-refractivity contribution >= 4 is 17.4 Å². The van der Waals surface area contributed by atoms with Crippen LogP contribution in [0.15, 0.2) is 11.1 Å². The van der Waals surface area contributed by atoms with Gasteiger partial charge >= 0.3 is 0 Å². The van der Waals surface area contributed by atoms with Crippen molar-refractivity contribution < 1.29 is 9.84 Å². The molecule has 0 aliphatic carbocycles. The zero-order chi connectivity index (χ0) is 12.3. The molecule has 0 unspecified atom stereocenters. The van der Waals surface area contributed by atoms with Crippen molar-refractivity contribution in [3.8, 4) is 0 Å². The average molecular weight is 260 g/mol. The van der Waals surface area contributed by atoms with Crippen LogP contribution in [0.1, 0.15) is 12.8 Å². The molecule has 0 amide bonds. The number of hydrogen-bond donors (Lipinski definition) is 3. The van der Waals surface area contributed by atoms with Crippen molar-refractivity contribution in [3.05, 3.63) is 21.7 Å². The van der Waals surface area contributed by atoms with E-state index < -0.39 is 11.1 Å². The molecule has 2 rings (SSSR count). The first-order valence-corrected chi connectivity index (χ1v) is 5.75. The van der Waals surface area contributed by atoms with E-state index in [1.807, 2.05) is 0 Å². The lowest BCUT2D eigenvalue weighted by Gasteiger charge is -2.36. The largest absolute Gasteiger partial charge is 0.394 e. The Hall–Kier alpha value is -1.11. The molecule has 0 spiro atoms. The number of hydrogen-bond acceptors (Lipinski definition) is 5. The molecular weight excluding hydrogens is 246 g/mol. The fourth-order valence-corrected chi connectivity index (χ4v) is 1.96. The van der Waals surface area contributed by atoms with Gasteiger partial charge in [0.25, 0.3) is 5.56 Å². The van der Waals surface area contributed by atoms with E-state index in [0.717, 1.165) is 0 Å². The SMILES string of the molecule is O=c1[nH]cnc(NC2(CO)CCOCC2)c1Cl. The minimum atomic E-state index is -0.511. The number of halogens is 1. The highest BCUT2D eigenvalue weighted by Gasteiger charge is 2.32. The van der Waals surface area contributed by atoms with Gasteiger partial charge in [-0.15, -0.1) is 0 Å². The number of rotatable bonds is 3. The van der Waals surface area contributed by atoms with Gasteiger partial charge in [0.15, 0.2) is 5.82 Å². The summed E-state index contributed by atoms with van der Waals surface area (Å²) in [6, 6.07) is 0. The highest BCUT2D eigenvalue weighted by Crippen LogP contribution is 2.26. The van der Waals surface area contributed by atoms with Crippen LogP contribution in [0.4, 0.5) is 5.82 Å². The average Bonchev–Trinajstić information content (AvgIpc) is 2.36. The molecule has 1 fully saturated rings. The second-order valence-electron chi connectivity index (χ2n) is 4.07. The Bertz CT molecular complexity index is 443. The van der Waals surface area contributed by atoms with E-state index >= 15 is 0 Å². The Balaban J connectivity index is 2.23. The van der Waals surface area contributed by atoms with E-state index in [4.69, 9.17) is 16.3 Å². The molecular formula is C10H14ClN3O3. The number of ether oxygens (including phenoxy) is 1. The number of aliphatic hydroxyl groups is 1. The van der Waals surface area contributed by atoms with Crippen LogP contribution in [0.3, 0.4) is 0 Å². The number of aromatic nitrogens is 2. The molecule has 6 nitrogen and oxygen atoms in total. The van der Waals surface area contributed by atoms with Crippen LogP contribution in [-0.4, -0.2) is 40.4 Å². The third-order valence-electron chi connectivity index (χ3n) is 2.93. The molecule has 2 heterocycles. The van der Waals surface area contributed by atoms with Gasteiger partial charge in [0.2, 0.25) is 0 Å². The summed E-state index contributed by atoms with van der Waals surface area (Å²) < 4.78 is 5.25. The van der Waals surface area contributed by atoms with Crippen molar-refractivity contribution in [2.75, 3.05) is 25.1 Å². The normalized spacial score (nSPS) is 18.9. The van der Waals surface area contributed by atoms with Crippen molar-refractivity contribution in [3.63, 3.8) is 0 Å². The number of H-pyrrole nitrogens is 1. The Kier molecular flexibility index (Phi) is 3.66. The van der Waals surface area contributed by atoms with Gasteiger partial charge in [-0.1, -0.05) is 11.6 Å². The highest BCUT2D eigenvalue weighted by molar-refractivity contribution is 6.32. The fourth-order valence-electron chi connectivity index (χ4n) is 1.81. The molecule has 1 aliphatic heterocycles. The first-order chi connectivity index (χ1) is 8.17. The van der Waals surface area contributed by atoms with Crippen molar-refractivity contribution in [2.24, 2.45) is 0 Å². The molecule has 0 radical (unpaired) electrons. The number of nitrogens with zero attached hydrogens (tertiary/aromatic N) is 1. The van der Waals surface area contributed by atoms with E-state index in [1.165, 1.54) is 6.33 Å². The van der Waals surface area contributed by atoms with Gasteiger partial charge in [-0.05, 0) is 12.8 Å². The zero-order valence-corrected chi connectivity index (χ0v) is 9.96. The molecule has 17 heavy (non-hydrogen) atoms. The summed E-state index contributed by atoms with van der Waals surface area (Å²) >= 11 is 5.85. The molecule has 94 valence electrons. The monoisotopic (exact) mass is 259 g/mol. The minimum Gasteiger partial charge on any atom is -0.394 e. The second kappa shape index (κ2) is 5.03. The summed E-state index contributed by atoms with van der Waals surface area (Å²) in [6.07, 6.45) is 2.57. The third kappa shape index (κ3) is 2.59. The summed E-state index contributed by atoms with van der Waals surface area (Å²) in [6.45, 7) is 1.07. The fraction of sp³-hybridized carbons (Fsp3) is 0.600. The summed E-state index contributed by atoms with van der Waals surface area (Å²) in [5, 5.41) is 12.6. The lowest BCUT2D eigenvalue weighted by atomic mass is 9.91. The van der Waals surface area contributed by atoms with Gasteiger partial charge < -0.3 is 20.1 Å². The molecule has 1 aliphatic rings. The number of nitrogens with one attached hydrogen (secondary N) is 2. The molecule has 0 aromatic carbocycles. The van der Waals surface area contributed by atoms with Crippen molar-refractivity contribution in [2.45, 2.75) is 18.4 Å². The van der Waals surface area contributed by atoms with E-state index in [-0.39, 0.29) is 11.6 Å². The lowest BCUT2D eigenvalue weighted by molar-refractivity contribution is 0.0378. The predicted octanol–water partition coefficient (Wildman–Crippen LogP) is 0.377. The van der Waals surface area contributed by atoms with Gasteiger partial charge in [0.1, 0.15) is 5.02 Å². The van der Waals surface area contributed by atoms with Crippen molar-refractivity contribution in [1.82, 2.24) is 9.97 Å². The standard InChI is InChI=1S/C10H14ClN3O3/c11-7-8(12-6-13-9(7)16)14-10(5-15)1-3-17-4-2-10/h6,15H,1-5H2,(H2,12,13,14,16). The van der Waals surface area contributed by atoms with Crippen LogP contribution in [-0.2, 0) is 4.74 Å². The summed E-state index contributed by atoms with van der Waals surface area (Å²) in [5.41, 5.74) is -0.910. The van der Waals surface area contributed by atoms with Crippen LogP contribution in [0.5, 0.6) is 0 Å². The van der Waals surface area contributed by atoms with Gasteiger partial charge in [-0.25, -0.2) is 4.98 Å². The third-order valence-corrected chi connectivity index (χ3v) is 3.28. The maximum absolute atomic E-state index is 11.3. The maximum atomic E-state index is 11.3. The number of aliphatic hydroxyl groups excluding tert-OH is 1. The molecule has 0 bridgehead atoms. The van der Waals surface area contributed by atoms with E-state index in [0.29, 0.717) is 31.9 Å². The lowest BCUT2D eigenvalue weighted by Crippen LogP contribution is -2.47. The highest BCUT2D eigenvalue weighted by atomic mass is 35.5. The van der Waals surface area contributed by atoms with Gasteiger partial charge in [-0.3, -0.25) is 4.79 Å². The van der Waals surface area contributed by atoms with Crippen molar-refractivity contribution in [1.29, 1.82) is 0 Å². The van der Waals surface area contributed by atoms with E-state index in [1.54, 1.807) is 0 Å². The second-order valence-corrected chi connectivity index (χ2v) is 4.45. The van der Waals surface area contributed by atoms with Gasteiger partial charge in [0.05, 0.1) is 18.5 Å². The van der Waals surface area contributed by atoms with E-state index in [2.05, 4.69) is 15.3 Å². The zero-order valence-electron chi connectivity index (χ0n) is 9.20. The molecule has 0 saturated carbocycles. The molecule has 1 aromatic heterocycles. The first-order valence-electron chi connectivity index (χ1n) is 5.37. The quantitative estimate of drug-likeness (QED) is 0.730. The van der Waals surface area contributed by atoms with Crippen LogP contribution in [0, 0.1) is 0 Å². The Morgan fingerprint density at radius 2 is 2.29 bits per heavy atom. The van der Waals surface area contributed by atoms with Crippen LogP contribution in [0.25, 0.3) is 0 Å². The van der Waals surface area contributed by atoms with Gasteiger partial charge in [0, 0.05) is 13.2 Å². The summed E-state index contributed by atoms with van der Waals surface area (Å²) in [7, 11) is 0. The first kappa shape index (κ1) is 12.3. The Morgan fingerprint density at radius 1 is 1.59 bits per heavy atom. The van der Waals surface area contributed by atoms with E-state index in [9.17, 15) is 9.90 Å². The smallest absolute Gasteiger partial charge is 0.271 e. The predicted molar refractivity (Wildman–Crippen MR) is 63.4 cm³/mol. The number of anilines is 1. The Labute approximate surface area is 103 Å². The number of aromatic amines is 1. The van der Waals surface area contributed by atoms with Crippen LogP contribution < -0.4 is 10.9 Å². The molecule has 1 saturated heterocycles. The summed E-state index contributed by atoms with van der Waals surface area (Å²) in [4.78, 5) is 17.7. The molecule has 3 N–H and O–H groups in total. The topological polar surface area (TPSA) is 87.2 Å². The Morgan fingerprint density at radius 3 is 2.94 bits per heavy atom. The molecule has 1 aromatic rings. The van der Waals surface area contributed by atoms with Crippen LogP contribution in [0.2, 0.25) is 5.02 Å². The molecule has 7 heteroatoms. The van der Waals surface area contributed by atoms with Crippen LogP contribution >= 0.6 is 11.6 Å². The minimum absolute atomic E-state index is 0.00631. The maximum Gasteiger partial charge on any atom is 0.271 e. The molecule has 0 atom stereocenters. The summed E-state index contributed by atoms with van der Waals surface area (Å²) in [5.74, 6) is 0.298. The van der Waals surface area contributed by atoms with Gasteiger partial charge in [-0.2, -0.15) is 0 Å².